The Morgan fingerprint density at radius 1 is 1.19 bits per heavy atom. The zero-order valence-electron chi connectivity index (χ0n) is 12.5. The molecule has 3 rings (SSSR count). The number of benzene rings is 1. The first-order valence-electron chi connectivity index (χ1n) is 7.34. The third kappa shape index (κ3) is 2.84. The number of anilines is 1. The molecule has 1 aromatic heterocycles. The van der Waals surface area contributed by atoms with Crippen LogP contribution < -0.4 is 4.90 Å². The summed E-state index contributed by atoms with van der Waals surface area (Å²) in [6.45, 7) is 6.68. The lowest BCUT2D eigenvalue weighted by Crippen LogP contribution is -2.37. The maximum atomic E-state index is 11.0. The monoisotopic (exact) mass is 284 g/mol. The molecule has 2 heterocycles. The van der Waals surface area contributed by atoms with E-state index in [1.165, 1.54) is 12.8 Å². The largest absolute Gasteiger partial charge is 0.478 e. The standard InChI is InChI=1S/C17H20N2O2/c1-17(2)7-9-19(10-8-17)15-6-4-12-11-13(16(20)21)3-5-14(12)18-15/h3-6,11H,7-10H2,1-2H3,(H,20,21). The van der Waals surface area contributed by atoms with Gasteiger partial charge in [0.25, 0.3) is 0 Å². The highest BCUT2D eigenvalue weighted by atomic mass is 16.4. The van der Waals surface area contributed by atoms with Crippen molar-refractivity contribution >= 4 is 22.7 Å². The van der Waals surface area contributed by atoms with E-state index in [4.69, 9.17) is 5.11 Å². The van der Waals surface area contributed by atoms with Crippen molar-refractivity contribution in [3.05, 3.63) is 35.9 Å². The molecule has 1 aromatic carbocycles. The summed E-state index contributed by atoms with van der Waals surface area (Å²) in [5.41, 5.74) is 1.57. The number of carboxylic acids is 1. The number of aromatic nitrogens is 1. The van der Waals surface area contributed by atoms with Gasteiger partial charge < -0.3 is 10.0 Å². The van der Waals surface area contributed by atoms with E-state index >= 15 is 0 Å². The van der Waals surface area contributed by atoms with Crippen molar-refractivity contribution in [1.29, 1.82) is 0 Å². The van der Waals surface area contributed by atoms with E-state index in [1.807, 2.05) is 12.1 Å². The number of carbonyl (C=O) groups is 1. The molecule has 1 aliphatic heterocycles. The van der Waals surface area contributed by atoms with E-state index in [2.05, 4.69) is 23.7 Å². The molecule has 0 aliphatic carbocycles. The van der Waals surface area contributed by atoms with Crippen LogP contribution in [0.5, 0.6) is 0 Å². The topological polar surface area (TPSA) is 53.4 Å². The Morgan fingerprint density at radius 3 is 2.57 bits per heavy atom. The molecule has 0 saturated carbocycles. The van der Waals surface area contributed by atoms with Crippen molar-refractivity contribution in [1.82, 2.24) is 4.98 Å². The third-order valence-corrected chi connectivity index (χ3v) is 4.36. The van der Waals surface area contributed by atoms with Crippen molar-refractivity contribution in [2.75, 3.05) is 18.0 Å². The Labute approximate surface area is 124 Å². The Kier molecular flexibility index (Phi) is 3.32. The molecular weight excluding hydrogens is 264 g/mol. The van der Waals surface area contributed by atoms with E-state index in [0.717, 1.165) is 29.8 Å². The fourth-order valence-corrected chi connectivity index (χ4v) is 2.77. The van der Waals surface area contributed by atoms with Crippen LogP contribution in [0.25, 0.3) is 10.9 Å². The summed E-state index contributed by atoms with van der Waals surface area (Å²) in [7, 11) is 0. The molecular formula is C17H20N2O2. The van der Waals surface area contributed by atoms with Crippen LogP contribution in [0.1, 0.15) is 37.0 Å². The Balaban J connectivity index is 1.88. The highest BCUT2D eigenvalue weighted by Crippen LogP contribution is 2.32. The zero-order valence-corrected chi connectivity index (χ0v) is 12.5. The summed E-state index contributed by atoms with van der Waals surface area (Å²) < 4.78 is 0. The first kappa shape index (κ1) is 13.9. The molecule has 0 spiro atoms. The van der Waals surface area contributed by atoms with E-state index < -0.39 is 5.97 Å². The molecule has 4 heteroatoms. The smallest absolute Gasteiger partial charge is 0.335 e. The van der Waals surface area contributed by atoms with Crippen molar-refractivity contribution in [3.63, 3.8) is 0 Å². The van der Waals surface area contributed by atoms with Crippen molar-refractivity contribution in [3.8, 4) is 0 Å². The number of rotatable bonds is 2. The first-order valence-corrected chi connectivity index (χ1v) is 7.34. The van der Waals surface area contributed by atoms with Crippen LogP contribution in [0, 0.1) is 5.41 Å². The summed E-state index contributed by atoms with van der Waals surface area (Å²) in [6.07, 6.45) is 2.34. The van der Waals surface area contributed by atoms with Crippen molar-refractivity contribution in [2.45, 2.75) is 26.7 Å². The molecule has 4 nitrogen and oxygen atoms in total. The van der Waals surface area contributed by atoms with Gasteiger partial charge in [0.05, 0.1) is 11.1 Å². The van der Waals surface area contributed by atoms with Gasteiger partial charge in [-0.2, -0.15) is 0 Å². The minimum atomic E-state index is -0.903. The molecule has 0 bridgehead atoms. The molecule has 1 aliphatic rings. The highest BCUT2D eigenvalue weighted by molar-refractivity contribution is 5.93. The lowest BCUT2D eigenvalue weighted by atomic mass is 9.83. The van der Waals surface area contributed by atoms with Gasteiger partial charge in [-0.1, -0.05) is 13.8 Å². The van der Waals surface area contributed by atoms with E-state index in [9.17, 15) is 4.79 Å². The number of piperidine rings is 1. The fraction of sp³-hybridized carbons (Fsp3) is 0.412. The minimum Gasteiger partial charge on any atom is -0.478 e. The Bertz CT molecular complexity index is 684. The summed E-state index contributed by atoms with van der Waals surface area (Å²) in [5, 5.41) is 9.89. The van der Waals surface area contributed by atoms with Crippen LogP contribution in [-0.4, -0.2) is 29.1 Å². The van der Waals surface area contributed by atoms with Gasteiger partial charge >= 0.3 is 5.97 Å². The molecule has 0 amide bonds. The lowest BCUT2D eigenvalue weighted by Gasteiger charge is -2.37. The Hall–Kier alpha value is -2.10. The van der Waals surface area contributed by atoms with E-state index in [0.29, 0.717) is 11.0 Å². The normalized spacial score (nSPS) is 17.9. The molecule has 0 atom stereocenters. The van der Waals surface area contributed by atoms with Crippen LogP contribution >= 0.6 is 0 Å². The van der Waals surface area contributed by atoms with Gasteiger partial charge in [-0.15, -0.1) is 0 Å². The molecule has 0 radical (unpaired) electrons. The molecule has 2 aromatic rings. The zero-order chi connectivity index (χ0) is 15.0. The summed E-state index contributed by atoms with van der Waals surface area (Å²) in [4.78, 5) is 18.0. The van der Waals surface area contributed by atoms with Crippen molar-refractivity contribution < 1.29 is 9.90 Å². The number of hydrogen-bond donors (Lipinski definition) is 1. The maximum absolute atomic E-state index is 11.0. The van der Waals surface area contributed by atoms with Gasteiger partial charge in [-0.05, 0) is 48.6 Å². The van der Waals surface area contributed by atoms with Gasteiger partial charge in [0.1, 0.15) is 5.82 Å². The van der Waals surface area contributed by atoms with Crippen LogP contribution in [0.2, 0.25) is 0 Å². The average molecular weight is 284 g/mol. The number of hydrogen-bond acceptors (Lipinski definition) is 3. The SMILES string of the molecule is CC1(C)CCN(c2ccc3cc(C(=O)O)ccc3n2)CC1. The summed E-state index contributed by atoms with van der Waals surface area (Å²) >= 11 is 0. The number of aromatic carboxylic acids is 1. The Morgan fingerprint density at radius 2 is 1.90 bits per heavy atom. The van der Waals surface area contributed by atoms with Crippen LogP contribution in [0.4, 0.5) is 5.82 Å². The number of pyridine rings is 1. The summed E-state index contributed by atoms with van der Waals surface area (Å²) in [6, 6.07) is 9.03. The average Bonchev–Trinajstić information content (AvgIpc) is 2.46. The second-order valence-corrected chi connectivity index (χ2v) is 6.53. The van der Waals surface area contributed by atoms with Gasteiger partial charge in [0, 0.05) is 18.5 Å². The minimum absolute atomic E-state index is 0.303. The fourth-order valence-electron chi connectivity index (χ4n) is 2.77. The predicted octanol–water partition coefficient (Wildman–Crippen LogP) is 3.56. The number of carboxylic acid groups (broad SMARTS) is 1. The van der Waals surface area contributed by atoms with Gasteiger partial charge in [-0.3, -0.25) is 0 Å². The van der Waals surface area contributed by atoms with Gasteiger partial charge in [0.2, 0.25) is 0 Å². The molecule has 21 heavy (non-hydrogen) atoms. The molecule has 1 N–H and O–H groups in total. The van der Waals surface area contributed by atoms with Gasteiger partial charge in [0.15, 0.2) is 0 Å². The third-order valence-electron chi connectivity index (χ3n) is 4.36. The van der Waals surface area contributed by atoms with Crippen molar-refractivity contribution in [2.24, 2.45) is 5.41 Å². The number of fused-ring (bicyclic) bond motifs is 1. The second kappa shape index (κ2) is 5.02. The molecule has 110 valence electrons. The molecule has 1 saturated heterocycles. The molecule has 1 fully saturated rings. The van der Waals surface area contributed by atoms with E-state index in [1.54, 1.807) is 18.2 Å². The highest BCUT2D eigenvalue weighted by Gasteiger charge is 2.25. The van der Waals surface area contributed by atoms with Crippen LogP contribution in [-0.2, 0) is 0 Å². The summed E-state index contributed by atoms with van der Waals surface area (Å²) in [5.74, 6) is 0.0836. The number of nitrogens with zero attached hydrogens (tertiary/aromatic N) is 2. The van der Waals surface area contributed by atoms with Crippen LogP contribution in [0.15, 0.2) is 30.3 Å². The second-order valence-electron chi connectivity index (χ2n) is 6.53. The van der Waals surface area contributed by atoms with E-state index in [-0.39, 0.29) is 0 Å². The quantitative estimate of drug-likeness (QED) is 0.916. The lowest BCUT2D eigenvalue weighted by molar-refractivity contribution is 0.0697. The maximum Gasteiger partial charge on any atom is 0.335 e. The van der Waals surface area contributed by atoms with Gasteiger partial charge in [-0.25, -0.2) is 9.78 Å². The van der Waals surface area contributed by atoms with Crippen LogP contribution in [0.3, 0.4) is 0 Å². The first-order chi connectivity index (χ1) is 9.94. The molecule has 0 unspecified atom stereocenters. The predicted molar refractivity (Wildman–Crippen MR) is 83.9 cm³/mol.